The summed E-state index contributed by atoms with van der Waals surface area (Å²) in [5.41, 5.74) is 0.761. The van der Waals surface area contributed by atoms with Crippen molar-refractivity contribution in [1.29, 1.82) is 0 Å². The van der Waals surface area contributed by atoms with Crippen molar-refractivity contribution in [2.24, 2.45) is 17.8 Å². The van der Waals surface area contributed by atoms with E-state index in [1.54, 1.807) is 24.3 Å². The third-order valence-electron chi connectivity index (χ3n) is 4.27. The number of fused-ring (bicyclic) bond motifs is 2. The molecule has 3 atom stereocenters. The van der Waals surface area contributed by atoms with Gasteiger partial charge in [-0.05, 0) is 54.2 Å². The number of ether oxygens (including phenoxy) is 1. The Kier molecular flexibility index (Phi) is 3.10. The molecule has 1 amide bonds. The molecule has 22 heavy (non-hydrogen) atoms. The molecule has 0 radical (unpaired) electrons. The van der Waals surface area contributed by atoms with Crippen LogP contribution in [0.5, 0.6) is 11.8 Å². The molecule has 1 aromatic heterocycles. The maximum atomic E-state index is 12.3. The molecule has 7 heteroatoms. The zero-order chi connectivity index (χ0) is 14.9. The standard InChI is InChI=1S/C15H15N5O2/c21-14(13-8-9-1-2-10(13)7-9)16-11-3-5-12(6-4-11)22-15-17-19-20-18-15/h1-6,9-10,13H,7-8H2,(H,16,21)(H,17,18,19,20)/t9-,10+,13-/m1/s1. The molecule has 7 nitrogen and oxygen atoms in total. The van der Waals surface area contributed by atoms with Crippen LogP contribution < -0.4 is 10.1 Å². The first-order valence-corrected chi connectivity index (χ1v) is 7.28. The van der Waals surface area contributed by atoms with Crippen molar-refractivity contribution in [2.75, 3.05) is 5.32 Å². The molecule has 0 unspecified atom stereocenters. The lowest BCUT2D eigenvalue weighted by Gasteiger charge is -2.17. The maximum Gasteiger partial charge on any atom is 0.361 e. The number of carbonyl (C=O) groups excluding carboxylic acids is 1. The number of tetrazole rings is 1. The number of nitrogens with one attached hydrogen (secondary N) is 2. The minimum absolute atomic E-state index is 0.101. The Morgan fingerprint density at radius 1 is 1.23 bits per heavy atom. The fourth-order valence-corrected chi connectivity index (χ4v) is 3.22. The number of carbonyl (C=O) groups is 1. The van der Waals surface area contributed by atoms with E-state index in [1.165, 1.54) is 0 Å². The zero-order valence-electron chi connectivity index (χ0n) is 11.8. The SMILES string of the molecule is O=C(Nc1ccc(Oc2nn[nH]n2)cc1)[C@@H]1C[C@@H]2C=C[C@H]1C2. The second-order valence-electron chi connectivity index (χ2n) is 5.70. The predicted molar refractivity (Wildman–Crippen MR) is 78.2 cm³/mol. The third-order valence-corrected chi connectivity index (χ3v) is 4.27. The monoisotopic (exact) mass is 297 g/mol. The molecule has 4 rings (SSSR count). The second-order valence-corrected chi connectivity index (χ2v) is 5.70. The van der Waals surface area contributed by atoms with Crippen LogP contribution >= 0.6 is 0 Å². The quantitative estimate of drug-likeness (QED) is 0.843. The first-order valence-electron chi connectivity index (χ1n) is 7.28. The average molecular weight is 297 g/mol. The van der Waals surface area contributed by atoms with Gasteiger partial charge >= 0.3 is 6.01 Å². The first-order chi connectivity index (χ1) is 10.8. The molecule has 112 valence electrons. The summed E-state index contributed by atoms with van der Waals surface area (Å²) >= 11 is 0. The Morgan fingerprint density at radius 3 is 2.73 bits per heavy atom. The maximum absolute atomic E-state index is 12.3. The number of hydrogen-bond acceptors (Lipinski definition) is 5. The zero-order valence-corrected chi connectivity index (χ0v) is 11.8. The Hall–Kier alpha value is -2.70. The van der Waals surface area contributed by atoms with E-state index in [-0.39, 0.29) is 17.8 Å². The Balaban J connectivity index is 1.39. The highest BCUT2D eigenvalue weighted by Gasteiger charge is 2.39. The molecule has 0 saturated heterocycles. The van der Waals surface area contributed by atoms with Crippen LogP contribution in [0, 0.1) is 17.8 Å². The molecule has 0 spiro atoms. The fourth-order valence-electron chi connectivity index (χ4n) is 3.22. The summed E-state index contributed by atoms with van der Waals surface area (Å²) in [6.45, 7) is 0. The number of nitrogens with zero attached hydrogens (tertiary/aromatic N) is 3. The smallest absolute Gasteiger partial charge is 0.361 e. The van der Waals surface area contributed by atoms with Crippen LogP contribution in [0.2, 0.25) is 0 Å². The van der Waals surface area contributed by atoms with Gasteiger partial charge < -0.3 is 10.1 Å². The Morgan fingerprint density at radius 2 is 2.09 bits per heavy atom. The third kappa shape index (κ3) is 2.45. The predicted octanol–water partition coefficient (Wildman–Crippen LogP) is 2.14. The summed E-state index contributed by atoms with van der Waals surface area (Å²) in [4.78, 5) is 12.3. The molecule has 2 aliphatic rings. The summed E-state index contributed by atoms with van der Waals surface area (Å²) in [6, 6.07) is 7.28. The molecule has 2 N–H and O–H groups in total. The number of aromatic nitrogens is 4. The molecular weight excluding hydrogens is 282 g/mol. The minimum atomic E-state index is 0.101. The summed E-state index contributed by atoms with van der Waals surface area (Å²) in [7, 11) is 0. The number of H-pyrrole nitrogens is 1. The molecule has 1 aromatic carbocycles. The molecule has 2 bridgehead atoms. The van der Waals surface area contributed by atoms with Crippen molar-refractivity contribution in [3.05, 3.63) is 36.4 Å². The van der Waals surface area contributed by atoms with E-state index < -0.39 is 0 Å². The number of anilines is 1. The minimum Gasteiger partial charge on any atom is -0.422 e. The summed E-state index contributed by atoms with van der Waals surface area (Å²) < 4.78 is 5.38. The van der Waals surface area contributed by atoms with Crippen LogP contribution in [0.3, 0.4) is 0 Å². The molecule has 1 fully saturated rings. The highest BCUT2D eigenvalue weighted by atomic mass is 16.5. The second kappa shape index (κ2) is 5.25. The van der Waals surface area contributed by atoms with Gasteiger partial charge in [0.15, 0.2) is 0 Å². The van der Waals surface area contributed by atoms with E-state index in [9.17, 15) is 4.79 Å². The van der Waals surface area contributed by atoms with E-state index in [2.05, 4.69) is 38.1 Å². The van der Waals surface area contributed by atoms with Crippen LogP contribution in [0.1, 0.15) is 12.8 Å². The van der Waals surface area contributed by atoms with Gasteiger partial charge in [0.05, 0.1) is 0 Å². The van der Waals surface area contributed by atoms with Gasteiger partial charge in [-0.15, -0.1) is 0 Å². The van der Waals surface area contributed by atoms with Gasteiger partial charge in [0.1, 0.15) is 5.75 Å². The topological polar surface area (TPSA) is 92.8 Å². The molecule has 2 aromatic rings. The van der Waals surface area contributed by atoms with Crippen LogP contribution in [-0.4, -0.2) is 26.5 Å². The van der Waals surface area contributed by atoms with Gasteiger partial charge in [-0.2, -0.15) is 5.21 Å². The van der Waals surface area contributed by atoms with Crippen molar-refractivity contribution in [3.63, 3.8) is 0 Å². The summed E-state index contributed by atoms with van der Waals surface area (Å²) in [5.74, 6) is 1.79. The molecule has 2 aliphatic carbocycles. The van der Waals surface area contributed by atoms with Crippen molar-refractivity contribution >= 4 is 11.6 Å². The molecule has 1 saturated carbocycles. The van der Waals surface area contributed by atoms with Gasteiger partial charge in [-0.25, -0.2) is 0 Å². The summed E-state index contributed by atoms with van der Waals surface area (Å²) in [5, 5.41) is 16.1. The van der Waals surface area contributed by atoms with E-state index in [4.69, 9.17) is 4.74 Å². The first kappa shape index (κ1) is 13.0. The highest BCUT2D eigenvalue weighted by Crippen LogP contribution is 2.43. The van der Waals surface area contributed by atoms with Gasteiger partial charge in [-0.1, -0.05) is 22.3 Å². The fraction of sp³-hybridized carbons (Fsp3) is 0.333. The average Bonchev–Trinajstić information content (AvgIpc) is 3.26. The van der Waals surface area contributed by atoms with Crippen molar-refractivity contribution in [2.45, 2.75) is 12.8 Å². The van der Waals surface area contributed by atoms with Gasteiger partial charge in [0, 0.05) is 11.6 Å². The Labute approximate surface area is 126 Å². The van der Waals surface area contributed by atoms with Crippen molar-refractivity contribution < 1.29 is 9.53 Å². The molecule has 0 aliphatic heterocycles. The number of rotatable bonds is 4. The summed E-state index contributed by atoms with van der Waals surface area (Å²) in [6.07, 6.45) is 6.50. The molecule has 1 heterocycles. The van der Waals surface area contributed by atoms with Crippen LogP contribution in [0.4, 0.5) is 5.69 Å². The van der Waals surface area contributed by atoms with Gasteiger partial charge in [-0.3, -0.25) is 4.79 Å². The number of hydrogen-bond donors (Lipinski definition) is 2. The Bertz CT molecular complexity index is 695. The van der Waals surface area contributed by atoms with Crippen LogP contribution in [-0.2, 0) is 4.79 Å². The van der Waals surface area contributed by atoms with Gasteiger partial charge in [0.25, 0.3) is 0 Å². The highest BCUT2D eigenvalue weighted by molar-refractivity contribution is 5.93. The lowest BCUT2D eigenvalue weighted by Crippen LogP contribution is -2.25. The van der Waals surface area contributed by atoms with Gasteiger partial charge in [0.2, 0.25) is 5.91 Å². The lowest BCUT2D eigenvalue weighted by molar-refractivity contribution is -0.120. The number of allylic oxidation sites excluding steroid dienone is 2. The van der Waals surface area contributed by atoms with E-state index in [0.717, 1.165) is 18.5 Å². The van der Waals surface area contributed by atoms with Crippen molar-refractivity contribution in [1.82, 2.24) is 20.6 Å². The van der Waals surface area contributed by atoms with Crippen LogP contribution in [0.15, 0.2) is 36.4 Å². The van der Waals surface area contributed by atoms with E-state index in [1.807, 2.05) is 0 Å². The lowest BCUT2D eigenvalue weighted by atomic mass is 9.93. The van der Waals surface area contributed by atoms with E-state index >= 15 is 0 Å². The van der Waals surface area contributed by atoms with Crippen LogP contribution in [0.25, 0.3) is 0 Å². The number of benzene rings is 1. The molecular formula is C15H15N5O2. The number of aromatic amines is 1. The van der Waals surface area contributed by atoms with E-state index in [0.29, 0.717) is 17.6 Å². The largest absolute Gasteiger partial charge is 0.422 e. The van der Waals surface area contributed by atoms with Crippen molar-refractivity contribution in [3.8, 4) is 11.8 Å². The number of amides is 1. The normalized spacial score (nSPS) is 25.4.